The van der Waals surface area contributed by atoms with Gasteiger partial charge in [-0.25, -0.2) is 8.42 Å². The van der Waals surface area contributed by atoms with Gasteiger partial charge in [-0.3, -0.25) is 13.9 Å². The summed E-state index contributed by atoms with van der Waals surface area (Å²) in [5, 5.41) is 2.83. The van der Waals surface area contributed by atoms with Gasteiger partial charge in [0, 0.05) is 12.6 Å². The lowest BCUT2D eigenvalue weighted by atomic mass is 10.1. The van der Waals surface area contributed by atoms with Gasteiger partial charge >= 0.3 is 0 Å². The van der Waals surface area contributed by atoms with Crippen molar-refractivity contribution in [2.75, 3.05) is 17.1 Å². The number of aryl methyl sites for hydroxylation is 2. The van der Waals surface area contributed by atoms with E-state index in [0.29, 0.717) is 5.69 Å². The van der Waals surface area contributed by atoms with Crippen LogP contribution < -0.4 is 9.62 Å². The molecule has 0 aliphatic rings. The summed E-state index contributed by atoms with van der Waals surface area (Å²) < 4.78 is 26.1. The predicted molar refractivity (Wildman–Crippen MR) is 128 cm³/mol. The molecule has 8 heteroatoms. The maximum absolute atomic E-state index is 13.4. The van der Waals surface area contributed by atoms with E-state index in [1.54, 1.807) is 31.2 Å². The van der Waals surface area contributed by atoms with Crippen LogP contribution in [-0.2, 0) is 26.2 Å². The minimum atomic E-state index is -3.72. The Morgan fingerprint density at radius 2 is 1.59 bits per heavy atom. The molecule has 0 heterocycles. The van der Waals surface area contributed by atoms with Crippen LogP contribution in [0.4, 0.5) is 5.69 Å². The largest absolute Gasteiger partial charge is 0.352 e. The van der Waals surface area contributed by atoms with Crippen LogP contribution in [0, 0.1) is 13.8 Å². The maximum Gasteiger partial charge on any atom is 0.244 e. The molecule has 0 saturated carbocycles. The van der Waals surface area contributed by atoms with Crippen molar-refractivity contribution in [1.29, 1.82) is 0 Å². The zero-order valence-corrected chi connectivity index (χ0v) is 20.4. The monoisotopic (exact) mass is 459 g/mol. The number of sulfonamides is 1. The van der Waals surface area contributed by atoms with Crippen molar-refractivity contribution in [2.45, 2.75) is 53.2 Å². The molecule has 32 heavy (non-hydrogen) atoms. The molecule has 1 atom stereocenters. The van der Waals surface area contributed by atoms with Crippen LogP contribution in [0.5, 0.6) is 0 Å². The molecule has 0 spiro atoms. The summed E-state index contributed by atoms with van der Waals surface area (Å²) >= 11 is 0. The van der Waals surface area contributed by atoms with Crippen molar-refractivity contribution < 1.29 is 18.0 Å². The highest BCUT2D eigenvalue weighted by atomic mass is 32.2. The van der Waals surface area contributed by atoms with E-state index < -0.39 is 28.5 Å². The number of nitrogens with zero attached hydrogens (tertiary/aromatic N) is 2. The molecule has 2 rings (SSSR count). The molecule has 2 aromatic carbocycles. The molecule has 2 amide bonds. The lowest BCUT2D eigenvalue weighted by Crippen LogP contribution is -2.52. The average Bonchev–Trinajstić information content (AvgIpc) is 2.69. The van der Waals surface area contributed by atoms with Gasteiger partial charge in [0.15, 0.2) is 0 Å². The Labute approximate surface area is 191 Å². The van der Waals surface area contributed by atoms with Crippen LogP contribution in [0.3, 0.4) is 0 Å². The minimum Gasteiger partial charge on any atom is -0.352 e. The van der Waals surface area contributed by atoms with E-state index >= 15 is 0 Å². The summed E-state index contributed by atoms with van der Waals surface area (Å²) in [6, 6.07) is 13.7. The highest BCUT2D eigenvalue weighted by Gasteiger charge is 2.30. The van der Waals surface area contributed by atoms with Gasteiger partial charge in [0.05, 0.1) is 11.9 Å². The zero-order valence-electron chi connectivity index (χ0n) is 19.6. The number of carbonyl (C=O) groups is 2. The smallest absolute Gasteiger partial charge is 0.244 e. The molecule has 0 aliphatic heterocycles. The number of anilines is 1. The molecule has 2 aromatic rings. The molecule has 0 aliphatic carbocycles. The van der Waals surface area contributed by atoms with Crippen LogP contribution in [0.2, 0.25) is 0 Å². The summed E-state index contributed by atoms with van der Waals surface area (Å²) in [5.74, 6) is -0.744. The Kier molecular flexibility index (Phi) is 8.44. The quantitative estimate of drug-likeness (QED) is 0.625. The molecule has 0 fully saturated rings. The Morgan fingerprint density at radius 3 is 2.12 bits per heavy atom. The summed E-state index contributed by atoms with van der Waals surface area (Å²) in [6.07, 6.45) is 1.07. The number of benzene rings is 2. The zero-order chi connectivity index (χ0) is 24.1. The second kappa shape index (κ2) is 10.6. The van der Waals surface area contributed by atoms with Crippen molar-refractivity contribution in [3.8, 4) is 0 Å². The van der Waals surface area contributed by atoms with Crippen LogP contribution in [0.25, 0.3) is 0 Å². The third kappa shape index (κ3) is 7.09. The molecule has 0 radical (unpaired) electrons. The first-order chi connectivity index (χ1) is 14.9. The number of hydrogen-bond donors (Lipinski definition) is 1. The van der Waals surface area contributed by atoms with Gasteiger partial charge in [0.25, 0.3) is 0 Å². The molecule has 7 nitrogen and oxygen atoms in total. The van der Waals surface area contributed by atoms with E-state index in [1.165, 1.54) is 4.90 Å². The molecular formula is C24H33N3O4S. The molecule has 0 aromatic heterocycles. The molecule has 0 saturated heterocycles. The van der Waals surface area contributed by atoms with Crippen molar-refractivity contribution in [3.05, 3.63) is 65.2 Å². The van der Waals surface area contributed by atoms with E-state index in [9.17, 15) is 18.0 Å². The van der Waals surface area contributed by atoms with Gasteiger partial charge in [-0.05, 0) is 52.3 Å². The van der Waals surface area contributed by atoms with Crippen molar-refractivity contribution >= 4 is 27.5 Å². The van der Waals surface area contributed by atoms with Gasteiger partial charge in [-0.2, -0.15) is 0 Å². The summed E-state index contributed by atoms with van der Waals surface area (Å²) in [6.45, 7) is 9.00. The predicted octanol–water partition coefficient (Wildman–Crippen LogP) is 3.01. The second-order valence-corrected chi connectivity index (χ2v) is 10.4. The maximum atomic E-state index is 13.4. The molecule has 0 bridgehead atoms. The highest BCUT2D eigenvalue weighted by Crippen LogP contribution is 2.20. The fraction of sp³-hybridized carbons (Fsp3) is 0.417. The van der Waals surface area contributed by atoms with E-state index in [4.69, 9.17) is 0 Å². The highest BCUT2D eigenvalue weighted by molar-refractivity contribution is 7.92. The standard InChI is InChI=1S/C24H33N3O4S/c1-17(2)25-24(29)20(5)26(15-21-9-7-8-19(4)14-21)23(28)16-27(32(6,30)31)22-12-10-18(3)11-13-22/h7-14,17,20H,15-16H2,1-6H3,(H,25,29)/t20-/m0/s1. The molecule has 0 unspecified atom stereocenters. The number of hydrogen-bond acceptors (Lipinski definition) is 4. The number of amides is 2. The second-order valence-electron chi connectivity index (χ2n) is 8.46. The Morgan fingerprint density at radius 1 is 0.969 bits per heavy atom. The van der Waals surface area contributed by atoms with Gasteiger partial charge in [-0.15, -0.1) is 0 Å². The SMILES string of the molecule is Cc1ccc(N(CC(=O)N(Cc2cccc(C)c2)[C@@H](C)C(=O)NC(C)C)S(C)(=O)=O)cc1. The van der Waals surface area contributed by atoms with Crippen molar-refractivity contribution in [1.82, 2.24) is 10.2 Å². The minimum absolute atomic E-state index is 0.0825. The van der Waals surface area contributed by atoms with Gasteiger partial charge in [0.2, 0.25) is 21.8 Å². The van der Waals surface area contributed by atoms with Crippen molar-refractivity contribution in [3.63, 3.8) is 0 Å². The first-order valence-electron chi connectivity index (χ1n) is 10.6. The number of nitrogens with one attached hydrogen (secondary N) is 1. The first-order valence-corrected chi connectivity index (χ1v) is 12.4. The van der Waals surface area contributed by atoms with E-state index in [-0.39, 0.29) is 18.5 Å². The summed E-state index contributed by atoms with van der Waals surface area (Å²) in [5.41, 5.74) is 3.28. The Balaban J connectivity index is 2.38. The van der Waals surface area contributed by atoms with Gasteiger partial charge in [0.1, 0.15) is 12.6 Å². The van der Waals surface area contributed by atoms with Crippen LogP contribution in [0.15, 0.2) is 48.5 Å². The van der Waals surface area contributed by atoms with Crippen LogP contribution in [-0.4, -0.2) is 50.0 Å². The van der Waals surface area contributed by atoms with Crippen molar-refractivity contribution in [2.24, 2.45) is 0 Å². The van der Waals surface area contributed by atoms with Gasteiger partial charge in [-0.1, -0.05) is 47.5 Å². The molecule has 174 valence electrons. The first kappa shape index (κ1) is 25.4. The molecular weight excluding hydrogens is 426 g/mol. The Bertz CT molecular complexity index is 1050. The van der Waals surface area contributed by atoms with Crippen LogP contribution >= 0.6 is 0 Å². The third-order valence-electron chi connectivity index (χ3n) is 5.03. The Hall–Kier alpha value is -2.87. The number of carbonyl (C=O) groups excluding carboxylic acids is 2. The lowest BCUT2D eigenvalue weighted by molar-refractivity contribution is -0.139. The topological polar surface area (TPSA) is 86.8 Å². The molecule has 1 N–H and O–H groups in total. The number of rotatable bonds is 9. The average molecular weight is 460 g/mol. The fourth-order valence-corrected chi connectivity index (χ4v) is 4.17. The lowest BCUT2D eigenvalue weighted by Gasteiger charge is -2.32. The summed E-state index contributed by atoms with van der Waals surface area (Å²) in [4.78, 5) is 27.5. The van der Waals surface area contributed by atoms with Gasteiger partial charge < -0.3 is 10.2 Å². The fourth-order valence-electron chi connectivity index (χ4n) is 3.32. The van der Waals surface area contributed by atoms with Crippen LogP contribution in [0.1, 0.15) is 37.5 Å². The van der Waals surface area contributed by atoms with E-state index in [1.807, 2.05) is 52.0 Å². The normalized spacial score (nSPS) is 12.3. The van der Waals surface area contributed by atoms with E-state index in [0.717, 1.165) is 27.3 Å². The van der Waals surface area contributed by atoms with E-state index in [2.05, 4.69) is 5.32 Å². The third-order valence-corrected chi connectivity index (χ3v) is 6.18. The summed E-state index contributed by atoms with van der Waals surface area (Å²) in [7, 11) is -3.72.